The summed E-state index contributed by atoms with van der Waals surface area (Å²) in [5, 5.41) is 10.2. The highest BCUT2D eigenvalue weighted by Crippen LogP contribution is 2.33. The second-order valence-electron chi connectivity index (χ2n) is 3.43. The zero-order chi connectivity index (χ0) is 9.90. The van der Waals surface area contributed by atoms with Gasteiger partial charge in [-0.25, -0.2) is 0 Å². The quantitative estimate of drug-likeness (QED) is 0.725. The van der Waals surface area contributed by atoms with Gasteiger partial charge in [-0.2, -0.15) is 0 Å². The lowest BCUT2D eigenvalue weighted by atomic mass is 9.92. The van der Waals surface area contributed by atoms with Gasteiger partial charge in [-0.05, 0) is 25.3 Å². The van der Waals surface area contributed by atoms with Crippen LogP contribution < -0.4 is 0 Å². The zero-order valence-corrected chi connectivity index (χ0v) is 9.15. The molecule has 0 aliphatic heterocycles. The van der Waals surface area contributed by atoms with Crippen LogP contribution in [0.4, 0.5) is 0 Å². The molecule has 13 heavy (non-hydrogen) atoms. The van der Waals surface area contributed by atoms with E-state index in [2.05, 4.69) is 0 Å². The van der Waals surface area contributed by atoms with E-state index in [1.54, 1.807) is 6.08 Å². The molecule has 3 heteroatoms. The summed E-state index contributed by atoms with van der Waals surface area (Å²) in [6.07, 6.45) is 7.24. The molecule has 0 spiro atoms. The third-order valence-electron chi connectivity index (χ3n) is 2.22. The third-order valence-corrected chi connectivity index (χ3v) is 2.94. The van der Waals surface area contributed by atoms with Crippen LogP contribution in [0.1, 0.15) is 26.2 Å². The predicted molar refractivity (Wildman–Crippen MR) is 57.2 cm³/mol. The Hall–Kier alpha value is 0.0200. The van der Waals surface area contributed by atoms with Crippen molar-refractivity contribution in [2.24, 2.45) is 0 Å². The van der Waals surface area contributed by atoms with Crippen molar-refractivity contribution in [3.05, 3.63) is 23.3 Å². The highest BCUT2D eigenvalue weighted by Gasteiger charge is 2.27. The minimum absolute atomic E-state index is 0.326. The van der Waals surface area contributed by atoms with Crippen molar-refractivity contribution in [2.45, 2.75) is 37.2 Å². The van der Waals surface area contributed by atoms with Crippen LogP contribution in [0.25, 0.3) is 0 Å². The number of halogens is 2. The summed E-state index contributed by atoms with van der Waals surface area (Å²) in [7, 11) is 0. The van der Waals surface area contributed by atoms with Crippen molar-refractivity contribution in [3.8, 4) is 0 Å². The van der Waals surface area contributed by atoms with Gasteiger partial charge in [-0.3, -0.25) is 0 Å². The number of hydrogen-bond acceptors (Lipinski definition) is 1. The fraction of sp³-hybridized carbons (Fsp3) is 0.600. The summed E-state index contributed by atoms with van der Waals surface area (Å²) in [4.78, 5) is -0.437. The van der Waals surface area contributed by atoms with E-state index in [1.807, 2.05) is 19.1 Å². The number of rotatable bonds is 3. The summed E-state index contributed by atoms with van der Waals surface area (Å²) >= 11 is 12.0. The molecule has 0 radical (unpaired) electrons. The van der Waals surface area contributed by atoms with Crippen LogP contribution in [0.15, 0.2) is 23.3 Å². The molecule has 0 bridgehead atoms. The van der Waals surface area contributed by atoms with Crippen molar-refractivity contribution >= 4 is 23.2 Å². The number of aliphatic hydroxyl groups excluding tert-OH is 1. The fourth-order valence-electron chi connectivity index (χ4n) is 1.32. The maximum atomic E-state index is 9.47. The molecule has 0 fully saturated rings. The van der Waals surface area contributed by atoms with Crippen LogP contribution in [0.2, 0.25) is 0 Å². The normalized spacial score (nSPS) is 30.0. The topological polar surface area (TPSA) is 20.2 Å². The van der Waals surface area contributed by atoms with Crippen molar-refractivity contribution in [3.63, 3.8) is 0 Å². The smallest absolute Gasteiger partial charge is 0.0689 e. The van der Waals surface area contributed by atoms with Gasteiger partial charge in [0.15, 0.2) is 0 Å². The van der Waals surface area contributed by atoms with Crippen LogP contribution in [0.3, 0.4) is 0 Å². The fourth-order valence-corrected chi connectivity index (χ4v) is 1.78. The maximum absolute atomic E-state index is 9.47. The van der Waals surface area contributed by atoms with Gasteiger partial charge in [0.25, 0.3) is 0 Å². The zero-order valence-electron chi connectivity index (χ0n) is 7.63. The molecular formula is C10H14Cl2O. The van der Waals surface area contributed by atoms with E-state index in [-0.39, 0.29) is 6.10 Å². The molecule has 0 aromatic heterocycles. The van der Waals surface area contributed by atoms with Gasteiger partial charge >= 0.3 is 0 Å². The van der Waals surface area contributed by atoms with Crippen LogP contribution >= 0.6 is 23.2 Å². The first-order chi connectivity index (χ1) is 6.06. The van der Waals surface area contributed by atoms with Gasteiger partial charge in [0, 0.05) is 5.03 Å². The number of alkyl halides is 1. The molecule has 0 amide bonds. The van der Waals surface area contributed by atoms with Gasteiger partial charge in [0.1, 0.15) is 0 Å². The molecule has 1 nitrogen and oxygen atoms in total. The predicted octanol–water partition coefficient (Wildman–Crippen LogP) is 3.21. The van der Waals surface area contributed by atoms with E-state index in [1.165, 1.54) is 0 Å². The van der Waals surface area contributed by atoms with Crippen molar-refractivity contribution in [2.75, 3.05) is 0 Å². The number of aliphatic hydroxyl groups is 1. The largest absolute Gasteiger partial charge is 0.393 e. The highest BCUT2D eigenvalue weighted by molar-refractivity contribution is 6.32. The van der Waals surface area contributed by atoms with E-state index in [4.69, 9.17) is 23.2 Å². The Morgan fingerprint density at radius 3 is 2.85 bits per heavy atom. The van der Waals surface area contributed by atoms with Crippen molar-refractivity contribution < 1.29 is 5.11 Å². The summed E-state index contributed by atoms with van der Waals surface area (Å²) in [6, 6.07) is 0. The standard InChI is InChI=1S/C10H14Cl2O/c1-2-9(13)7-10(12)5-3-8(11)4-6-10/h3-5,9,13H,2,6-7H2,1H3. The maximum Gasteiger partial charge on any atom is 0.0689 e. The lowest BCUT2D eigenvalue weighted by Crippen LogP contribution is -2.25. The summed E-state index contributed by atoms with van der Waals surface area (Å²) < 4.78 is 0. The van der Waals surface area contributed by atoms with Crippen LogP contribution in [-0.4, -0.2) is 16.1 Å². The first-order valence-corrected chi connectivity index (χ1v) is 5.23. The van der Waals surface area contributed by atoms with Gasteiger partial charge < -0.3 is 5.11 Å². The summed E-state index contributed by atoms with van der Waals surface area (Å²) in [5.74, 6) is 0. The molecule has 74 valence electrons. The molecule has 0 aromatic rings. The van der Waals surface area contributed by atoms with E-state index >= 15 is 0 Å². The van der Waals surface area contributed by atoms with Crippen molar-refractivity contribution in [1.29, 1.82) is 0 Å². The Bertz CT molecular complexity index is 235. The number of hydrogen-bond donors (Lipinski definition) is 1. The Labute approximate surface area is 89.0 Å². The summed E-state index contributed by atoms with van der Waals surface area (Å²) in [5.41, 5.74) is 0. The first-order valence-electron chi connectivity index (χ1n) is 4.47. The van der Waals surface area contributed by atoms with E-state index in [9.17, 15) is 5.11 Å². The molecular weight excluding hydrogens is 207 g/mol. The monoisotopic (exact) mass is 220 g/mol. The van der Waals surface area contributed by atoms with Gasteiger partial charge in [0.05, 0.1) is 11.0 Å². The average Bonchev–Trinajstić information content (AvgIpc) is 2.10. The minimum atomic E-state index is -0.437. The molecule has 1 rings (SSSR count). The Balaban J connectivity index is 2.55. The summed E-state index contributed by atoms with van der Waals surface area (Å²) in [6.45, 7) is 1.94. The first kappa shape index (κ1) is 11.1. The molecule has 0 aromatic carbocycles. The van der Waals surface area contributed by atoms with Crippen LogP contribution in [0, 0.1) is 0 Å². The molecule has 1 N–H and O–H groups in total. The van der Waals surface area contributed by atoms with Crippen molar-refractivity contribution in [1.82, 2.24) is 0 Å². The Morgan fingerprint density at radius 2 is 2.38 bits per heavy atom. The van der Waals surface area contributed by atoms with Gasteiger partial charge in [-0.15, -0.1) is 11.6 Å². The SMILES string of the molecule is CCC(O)CC1(Cl)C=CC(Cl)=CC1. The minimum Gasteiger partial charge on any atom is -0.393 e. The molecule has 0 heterocycles. The second-order valence-corrected chi connectivity index (χ2v) is 4.62. The molecule has 1 aliphatic rings. The van der Waals surface area contributed by atoms with E-state index in [0.717, 1.165) is 11.5 Å². The van der Waals surface area contributed by atoms with Crippen LogP contribution in [-0.2, 0) is 0 Å². The number of allylic oxidation sites excluding steroid dienone is 4. The Kier molecular flexibility index (Phi) is 3.84. The lowest BCUT2D eigenvalue weighted by molar-refractivity contribution is 0.151. The molecule has 1 aliphatic carbocycles. The van der Waals surface area contributed by atoms with Crippen LogP contribution in [0.5, 0.6) is 0 Å². The molecule has 2 unspecified atom stereocenters. The average molecular weight is 221 g/mol. The van der Waals surface area contributed by atoms with Gasteiger partial charge in [0.2, 0.25) is 0 Å². The van der Waals surface area contributed by atoms with E-state index in [0.29, 0.717) is 12.8 Å². The lowest BCUT2D eigenvalue weighted by Gasteiger charge is -2.26. The second kappa shape index (κ2) is 4.50. The molecule has 0 saturated heterocycles. The van der Waals surface area contributed by atoms with Gasteiger partial charge in [-0.1, -0.05) is 30.7 Å². The molecule has 2 atom stereocenters. The Morgan fingerprint density at radius 1 is 1.69 bits per heavy atom. The highest BCUT2D eigenvalue weighted by atomic mass is 35.5. The molecule has 0 saturated carbocycles. The van der Waals surface area contributed by atoms with E-state index < -0.39 is 4.87 Å². The third kappa shape index (κ3) is 3.34.